The smallest absolute Gasteiger partial charge is 0.309 e. The molecular weight excluding hydrogens is 430 g/mol. The van der Waals surface area contributed by atoms with Gasteiger partial charge in [-0.1, -0.05) is 59.1 Å². The van der Waals surface area contributed by atoms with Crippen LogP contribution in [-0.2, 0) is 22.6 Å². The Labute approximate surface area is 192 Å². The van der Waals surface area contributed by atoms with E-state index in [-0.39, 0.29) is 6.54 Å². The van der Waals surface area contributed by atoms with Gasteiger partial charge in [0, 0.05) is 24.7 Å². The monoisotopic (exact) mass is 455 g/mol. The SMILES string of the molecule is O=C(ON1C(=O)CN(Cc2ccccc2)C1=O)N1CCC(CCc2ccc(Cl)cc2)CC1. The zero-order valence-electron chi connectivity index (χ0n) is 17.8. The molecule has 2 aromatic carbocycles. The number of aryl methyl sites for hydroxylation is 1. The molecule has 2 fully saturated rings. The molecule has 168 valence electrons. The fourth-order valence-corrected chi connectivity index (χ4v) is 4.24. The Morgan fingerprint density at radius 2 is 1.66 bits per heavy atom. The number of hydrogen-bond acceptors (Lipinski definition) is 4. The standard InChI is InChI=1S/C24H26ClN3O4/c25-21-10-8-18(9-11-21)6-7-19-12-14-26(15-13-19)24(31)32-28-22(29)17-27(23(28)30)16-20-4-2-1-3-5-20/h1-5,8-11,19H,6-7,12-17H2. The lowest BCUT2D eigenvalue weighted by Gasteiger charge is -2.31. The molecule has 2 heterocycles. The van der Waals surface area contributed by atoms with Crippen LogP contribution in [0, 0.1) is 5.92 Å². The lowest BCUT2D eigenvalue weighted by molar-refractivity contribution is -0.149. The number of hydrogen-bond donors (Lipinski definition) is 0. The second kappa shape index (κ2) is 10.0. The van der Waals surface area contributed by atoms with E-state index in [1.165, 1.54) is 10.5 Å². The van der Waals surface area contributed by atoms with Crippen molar-refractivity contribution < 1.29 is 19.2 Å². The number of urea groups is 1. The summed E-state index contributed by atoms with van der Waals surface area (Å²) in [6.45, 7) is 1.29. The summed E-state index contributed by atoms with van der Waals surface area (Å²) < 4.78 is 0. The Morgan fingerprint density at radius 3 is 2.34 bits per heavy atom. The second-order valence-corrected chi connectivity index (χ2v) is 8.70. The highest BCUT2D eigenvalue weighted by Gasteiger charge is 2.40. The van der Waals surface area contributed by atoms with Crippen molar-refractivity contribution in [1.82, 2.24) is 14.9 Å². The van der Waals surface area contributed by atoms with Crippen molar-refractivity contribution in [3.8, 4) is 0 Å². The van der Waals surface area contributed by atoms with Crippen molar-refractivity contribution in [2.75, 3.05) is 19.6 Å². The molecule has 0 saturated carbocycles. The quantitative estimate of drug-likeness (QED) is 0.601. The number of nitrogens with zero attached hydrogens (tertiary/aromatic N) is 3. The minimum absolute atomic E-state index is 0.103. The molecule has 0 radical (unpaired) electrons. The number of imide groups is 1. The van der Waals surface area contributed by atoms with E-state index < -0.39 is 18.0 Å². The predicted octanol–water partition coefficient (Wildman–Crippen LogP) is 4.50. The van der Waals surface area contributed by atoms with E-state index in [0.29, 0.717) is 30.6 Å². The highest BCUT2D eigenvalue weighted by molar-refractivity contribution is 6.30. The van der Waals surface area contributed by atoms with Crippen LogP contribution in [0.1, 0.15) is 30.4 Å². The number of carbonyl (C=O) groups excluding carboxylic acids is 3. The van der Waals surface area contributed by atoms with Crippen LogP contribution in [-0.4, -0.2) is 52.5 Å². The van der Waals surface area contributed by atoms with Gasteiger partial charge >= 0.3 is 12.1 Å². The highest BCUT2D eigenvalue weighted by Crippen LogP contribution is 2.24. The summed E-state index contributed by atoms with van der Waals surface area (Å²) in [5.74, 6) is -0.0109. The maximum atomic E-state index is 12.6. The Kier molecular flexibility index (Phi) is 6.95. The van der Waals surface area contributed by atoms with Gasteiger partial charge < -0.3 is 14.6 Å². The van der Waals surface area contributed by atoms with Crippen LogP contribution in [0.4, 0.5) is 9.59 Å². The van der Waals surface area contributed by atoms with Crippen LogP contribution in [0.5, 0.6) is 0 Å². The number of benzene rings is 2. The maximum absolute atomic E-state index is 12.6. The Morgan fingerprint density at radius 1 is 0.969 bits per heavy atom. The summed E-state index contributed by atoms with van der Waals surface area (Å²) in [4.78, 5) is 45.5. The minimum atomic E-state index is -0.649. The first kappa shape index (κ1) is 22.1. The predicted molar refractivity (Wildman–Crippen MR) is 120 cm³/mol. The molecule has 7 nitrogen and oxygen atoms in total. The van der Waals surface area contributed by atoms with Gasteiger partial charge in [-0.25, -0.2) is 9.59 Å². The molecule has 0 atom stereocenters. The fourth-order valence-electron chi connectivity index (χ4n) is 4.11. The molecule has 0 spiro atoms. The van der Waals surface area contributed by atoms with Crippen molar-refractivity contribution in [1.29, 1.82) is 0 Å². The van der Waals surface area contributed by atoms with Crippen LogP contribution in [0.2, 0.25) is 5.02 Å². The van der Waals surface area contributed by atoms with Crippen molar-refractivity contribution in [2.24, 2.45) is 5.92 Å². The molecule has 2 aliphatic rings. The lowest BCUT2D eigenvalue weighted by Crippen LogP contribution is -2.44. The number of rotatable bonds is 6. The molecule has 32 heavy (non-hydrogen) atoms. The summed E-state index contributed by atoms with van der Waals surface area (Å²) in [5.41, 5.74) is 2.16. The zero-order chi connectivity index (χ0) is 22.5. The van der Waals surface area contributed by atoms with Gasteiger partial charge in [0.1, 0.15) is 6.54 Å². The van der Waals surface area contributed by atoms with Crippen LogP contribution in [0.25, 0.3) is 0 Å². The van der Waals surface area contributed by atoms with Gasteiger partial charge in [0.25, 0.3) is 5.91 Å². The van der Waals surface area contributed by atoms with Gasteiger partial charge in [0.05, 0.1) is 0 Å². The van der Waals surface area contributed by atoms with Crippen molar-refractivity contribution in [2.45, 2.75) is 32.2 Å². The van der Waals surface area contributed by atoms with Crippen LogP contribution < -0.4 is 0 Å². The molecule has 0 N–H and O–H groups in total. The highest BCUT2D eigenvalue weighted by atomic mass is 35.5. The molecular formula is C24H26ClN3O4. The molecule has 0 aromatic heterocycles. The third kappa shape index (κ3) is 5.40. The van der Waals surface area contributed by atoms with E-state index >= 15 is 0 Å². The number of amides is 4. The molecule has 0 unspecified atom stereocenters. The van der Waals surface area contributed by atoms with Gasteiger partial charge in [-0.2, -0.15) is 0 Å². The molecule has 2 saturated heterocycles. The molecule has 4 amide bonds. The number of carbonyl (C=O) groups is 3. The summed E-state index contributed by atoms with van der Waals surface area (Å²) in [7, 11) is 0. The zero-order valence-corrected chi connectivity index (χ0v) is 18.5. The average Bonchev–Trinajstić information content (AvgIpc) is 3.07. The topological polar surface area (TPSA) is 70.2 Å². The molecule has 4 rings (SSSR count). The normalized spacial score (nSPS) is 17.2. The third-order valence-electron chi connectivity index (χ3n) is 6.01. The Hall–Kier alpha value is -3.06. The third-order valence-corrected chi connectivity index (χ3v) is 6.26. The van der Waals surface area contributed by atoms with E-state index in [1.54, 1.807) is 4.90 Å². The average molecular weight is 456 g/mol. The van der Waals surface area contributed by atoms with E-state index in [2.05, 4.69) is 0 Å². The summed E-state index contributed by atoms with van der Waals surface area (Å²) in [6.07, 6.45) is 3.10. The minimum Gasteiger partial charge on any atom is -0.309 e. The van der Waals surface area contributed by atoms with E-state index in [0.717, 1.165) is 36.3 Å². The van der Waals surface area contributed by atoms with E-state index in [9.17, 15) is 14.4 Å². The second-order valence-electron chi connectivity index (χ2n) is 8.27. The first-order chi connectivity index (χ1) is 15.5. The van der Waals surface area contributed by atoms with Crippen LogP contribution in [0.15, 0.2) is 54.6 Å². The first-order valence-corrected chi connectivity index (χ1v) is 11.2. The van der Waals surface area contributed by atoms with E-state index in [4.69, 9.17) is 16.4 Å². The Balaban J connectivity index is 1.23. The largest absolute Gasteiger partial charge is 0.434 e. The lowest BCUT2D eigenvalue weighted by atomic mass is 9.91. The van der Waals surface area contributed by atoms with Crippen LogP contribution in [0.3, 0.4) is 0 Å². The van der Waals surface area contributed by atoms with Crippen molar-refractivity contribution in [3.05, 3.63) is 70.7 Å². The fraction of sp³-hybridized carbons (Fsp3) is 0.375. The van der Waals surface area contributed by atoms with Gasteiger partial charge in [-0.3, -0.25) is 4.79 Å². The maximum Gasteiger partial charge on any atom is 0.434 e. The van der Waals surface area contributed by atoms with Gasteiger partial charge in [0.2, 0.25) is 0 Å². The summed E-state index contributed by atoms with van der Waals surface area (Å²) >= 11 is 5.93. The number of hydroxylamine groups is 2. The van der Waals surface area contributed by atoms with Crippen molar-refractivity contribution in [3.63, 3.8) is 0 Å². The molecule has 2 aromatic rings. The number of piperidine rings is 1. The summed E-state index contributed by atoms with van der Waals surface area (Å²) in [6, 6.07) is 16.7. The molecule has 2 aliphatic heterocycles. The first-order valence-electron chi connectivity index (χ1n) is 10.9. The van der Waals surface area contributed by atoms with Gasteiger partial charge in [-0.05, 0) is 54.9 Å². The Bertz CT molecular complexity index is 959. The molecule has 0 bridgehead atoms. The number of likely N-dealkylation sites (tertiary alicyclic amines) is 1. The molecule has 8 heteroatoms. The van der Waals surface area contributed by atoms with E-state index in [1.807, 2.05) is 54.6 Å². The van der Waals surface area contributed by atoms with Crippen molar-refractivity contribution >= 4 is 29.6 Å². The number of halogens is 1. The summed E-state index contributed by atoms with van der Waals surface area (Å²) in [5, 5.41) is 1.33. The van der Waals surface area contributed by atoms with Gasteiger partial charge in [-0.15, -0.1) is 0 Å². The molecule has 0 aliphatic carbocycles. The van der Waals surface area contributed by atoms with Gasteiger partial charge in [0.15, 0.2) is 0 Å². The van der Waals surface area contributed by atoms with Crippen LogP contribution >= 0.6 is 11.6 Å².